The second-order valence-corrected chi connectivity index (χ2v) is 6.48. The molecule has 19 heavy (non-hydrogen) atoms. The summed E-state index contributed by atoms with van der Waals surface area (Å²) in [5.41, 5.74) is 3.94. The van der Waals surface area contributed by atoms with E-state index in [4.69, 9.17) is 4.74 Å². The van der Waals surface area contributed by atoms with Gasteiger partial charge in [-0.25, -0.2) is 0 Å². The second-order valence-electron chi connectivity index (χ2n) is 6.48. The van der Waals surface area contributed by atoms with E-state index in [0.29, 0.717) is 0 Å². The summed E-state index contributed by atoms with van der Waals surface area (Å²) in [5.74, 6) is 1.03. The fourth-order valence-corrected chi connectivity index (χ4v) is 1.99. The highest BCUT2D eigenvalue weighted by Gasteiger charge is 2.15. The molecule has 2 nitrogen and oxygen atoms in total. The standard InChI is InChI=1S/C17H29NO/c1-8-15(11-18-17(5,6)7)19-16-10-12(2)9-13(3)14(16)4/h9-10,15,18H,8,11H2,1-7H3. The van der Waals surface area contributed by atoms with E-state index in [1.165, 1.54) is 16.7 Å². The predicted molar refractivity (Wildman–Crippen MR) is 83.1 cm³/mol. The lowest BCUT2D eigenvalue weighted by Gasteiger charge is -2.26. The maximum Gasteiger partial charge on any atom is 0.123 e. The van der Waals surface area contributed by atoms with Gasteiger partial charge in [-0.1, -0.05) is 13.0 Å². The summed E-state index contributed by atoms with van der Waals surface area (Å²) in [5, 5.41) is 3.52. The molecule has 1 unspecified atom stereocenters. The summed E-state index contributed by atoms with van der Waals surface area (Å²) in [4.78, 5) is 0. The van der Waals surface area contributed by atoms with Crippen molar-refractivity contribution in [3.8, 4) is 5.75 Å². The number of hydrogen-bond donors (Lipinski definition) is 1. The van der Waals surface area contributed by atoms with Crippen molar-refractivity contribution in [2.24, 2.45) is 0 Å². The SMILES string of the molecule is CCC(CNC(C)(C)C)Oc1cc(C)cc(C)c1C. The van der Waals surface area contributed by atoms with Crippen LogP contribution in [0.5, 0.6) is 5.75 Å². The maximum absolute atomic E-state index is 6.19. The van der Waals surface area contributed by atoms with Crippen LogP contribution in [0.3, 0.4) is 0 Å². The Bertz CT molecular complexity index is 418. The van der Waals surface area contributed by atoms with Crippen molar-refractivity contribution >= 4 is 0 Å². The lowest BCUT2D eigenvalue weighted by atomic mass is 10.1. The number of ether oxygens (including phenoxy) is 1. The Balaban J connectivity index is 2.76. The second kappa shape index (κ2) is 6.42. The molecule has 1 aromatic carbocycles. The summed E-state index contributed by atoms with van der Waals surface area (Å²) in [7, 11) is 0. The number of rotatable bonds is 5. The molecule has 1 rings (SSSR count). The van der Waals surface area contributed by atoms with E-state index in [-0.39, 0.29) is 11.6 Å². The van der Waals surface area contributed by atoms with Gasteiger partial charge < -0.3 is 10.1 Å². The van der Waals surface area contributed by atoms with Gasteiger partial charge in [-0.15, -0.1) is 0 Å². The third-order valence-electron chi connectivity index (χ3n) is 3.37. The summed E-state index contributed by atoms with van der Waals surface area (Å²) in [6.45, 7) is 16.0. The van der Waals surface area contributed by atoms with Crippen molar-refractivity contribution in [3.05, 3.63) is 28.8 Å². The molecule has 0 bridgehead atoms. The predicted octanol–water partition coefficient (Wildman–Crippen LogP) is 4.16. The highest BCUT2D eigenvalue weighted by Crippen LogP contribution is 2.24. The molecular formula is C17H29NO. The Morgan fingerprint density at radius 1 is 1.16 bits per heavy atom. The van der Waals surface area contributed by atoms with E-state index < -0.39 is 0 Å². The van der Waals surface area contributed by atoms with Crippen molar-refractivity contribution in [1.82, 2.24) is 5.32 Å². The molecule has 0 radical (unpaired) electrons. The van der Waals surface area contributed by atoms with Gasteiger partial charge in [-0.2, -0.15) is 0 Å². The van der Waals surface area contributed by atoms with E-state index >= 15 is 0 Å². The van der Waals surface area contributed by atoms with Crippen LogP contribution in [0.1, 0.15) is 50.8 Å². The first-order valence-electron chi connectivity index (χ1n) is 7.22. The van der Waals surface area contributed by atoms with Crippen LogP contribution in [-0.2, 0) is 0 Å². The summed E-state index contributed by atoms with van der Waals surface area (Å²) >= 11 is 0. The normalized spacial score (nSPS) is 13.4. The van der Waals surface area contributed by atoms with Gasteiger partial charge in [0, 0.05) is 12.1 Å². The molecule has 0 amide bonds. The molecule has 0 saturated heterocycles. The minimum Gasteiger partial charge on any atom is -0.489 e. The molecule has 0 spiro atoms. The van der Waals surface area contributed by atoms with E-state index in [1.54, 1.807) is 0 Å². The summed E-state index contributed by atoms with van der Waals surface area (Å²) < 4.78 is 6.19. The average molecular weight is 263 g/mol. The minimum atomic E-state index is 0.133. The highest BCUT2D eigenvalue weighted by atomic mass is 16.5. The largest absolute Gasteiger partial charge is 0.489 e. The topological polar surface area (TPSA) is 21.3 Å². The van der Waals surface area contributed by atoms with Gasteiger partial charge in [0.25, 0.3) is 0 Å². The minimum absolute atomic E-state index is 0.133. The lowest BCUT2D eigenvalue weighted by molar-refractivity contribution is 0.180. The number of nitrogens with one attached hydrogen (secondary N) is 1. The molecule has 1 N–H and O–H groups in total. The first-order valence-corrected chi connectivity index (χ1v) is 7.22. The molecule has 0 aliphatic rings. The summed E-state index contributed by atoms with van der Waals surface area (Å²) in [6.07, 6.45) is 1.23. The van der Waals surface area contributed by atoms with Crippen molar-refractivity contribution in [1.29, 1.82) is 0 Å². The van der Waals surface area contributed by atoms with Crippen LogP contribution in [0.4, 0.5) is 0 Å². The summed E-state index contributed by atoms with van der Waals surface area (Å²) in [6, 6.07) is 4.35. The van der Waals surface area contributed by atoms with Gasteiger partial charge in [0.15, 0.2) is 0 Å². The van der Waals surface area contributed by atoms with Gasteiger partial charge >= 0.3 is 0 Å². The zero-order valence-electron chi connectivity index (χ0n) is 13.6. The maximum atomic E-state index is 6.19. The van der Waals surface area contributed by atoms with Gasteiger partial charge in [-0.3, -0.25) is 0 Å². The van der Waals surface area contributed by atoms with Crippen molar-refractivity contribution in [2.75, 3.05) is 6.54 Å². The fraction of sp³-hybridized carbons (Fsp3) is 0.647. The van der Waals surface area contributed by atoms with E-state index in [2.05, 4.69) is 65.9 Å². The Morgan fingerprint density at radius 2 is 1.79 bits per heavy atom. The van der Waals surface area contributed by atoms with Gasteiger partial charge in [0.2, 0.25) is 0 Å². The zero-order valence-corrected chi connectivity index (χ0v) is 13.6. The molecule has 108 valence electrons. The Kier molecular flexibility index (Phi) is 5.42. The molecule has 0 aliphatic heterocycles. The Hall–Kier alpha value is -1.02. The first-order chi connectivity index (χ1) is 8.73. The molecule has 1 atom stereocenters. The fourth-order valence-electron chi connectivity index (χ4n) is 1.99. The van der Waals surface area contributed by atoms with Gasteiger partial charge in [0.1, 0.15) is 11.9 Å². The quantitative estimate of drug-likeness (QED) is 0.861. The van der Waals surface area contributed by atoms with Crippen molar-refractivity contribution in [2.45, 2.75) is 66.5 Å². The monoisotopic (exact) mass is 263 g/mol. The van der Waals surface area contributed by atoms with Gasteiger partial charge in [0.05, 0.1) is 0 Å². The molecule has 0 saturated carbocycles. The van der Waals surface area contributed by atoms with E-state index in [1.807, 2.05) is 0 Å². The van der Waals surface area contributed by atoms with Crippen molar-refractivity contribution in [3.63, 3.8) is 0 Å². The molecule has 0 fully saturated rings. The Labute approximate surface area is 118 Å². The van der Waals surface area contributed by atoms with Crippen LogP contribution >= 0.6 is 0 Å². The third-order valence-corrected chi connectivity index (χ3v) is 3.37. The molecule has 0 aliphatic carbocycles. The molecule has 2 heteroatoms. The smallest absolute Gasteiger partial charge is 0.123 e. The van der Waals surface area contributed by atoms with Crippen LogP contribution in [-0.4, -0.2) is 18.2 Å². The van der Waals surface area contributed by atoms with Crippen molar-refractivity contribution < 1.29 is 4.74 Å². The Morgan fingerprint density at radius 3 is 2.32 bits per heavy atom. The highest BCUT2D eigenvalue weighted by molar-refractivity contribution is 5.42. The van der Waals surface area contributed by atoms with Crippen LogP contribution in [0.15, 0.2) is 12.1 Å². The number of benzene rings is 1. The molecule has 1 aromatic rings. The van der Waals surface area contributed by atoms with E-state index in [9.17, 15) is 0 Å². The zero-order chi connectivity index (χ0) is 14.6. The number of aryl methyl sites for hydroxylation is 2. The number of hydrogen-bond acceptors (Lipinski definition) is 2. The third kappa shape index (κ3) is 5.23. The molecular weight excluding hydrogens is 234 g/mol. The van der Waals surface area contributed by atoms with E-state index in [0.717, 1.165) is 18.7 Å². The van der Waals surface area contributed by atoms with Crippen LogP contribution in [0.25, 0.3) is 0 Å². The lowest BCUT2D eigenvalue weighted by Crippen LogP contribution is -2.42. The van der Waals surface area contributed by atoms with Gasteiger partial charge in [-0.05, 0) is 70.7 Å². The molecule has 0 heterocycles. The molecule has 0 aromatic heterocycles. The van der Waals surface area contributed by atoms with Crippen LogP contribution < -0.4 is 10.1 Å². The average Bonchev–Trinajstić information content (AvgIpc) is 2.29. The first kappa shape index (κ1) is 16.0. The van der Waals surface area contributed by atoms with Crippen LogP contribution in [0, 0.1) is 20.8 Å². The van der Waals surface area contributed by atoms with Crippen LogP contribution in [0.2, 0.25) is 0 Å².